The van der Waals surface area contributed by atoms with Crippen LogP contribution in [0.1, 0.15) is 6.42 Å². The fourth-order valence-electron chi connectivity index (χ4n) is 2.41. The van der Waals surface area contributed by atoms with Gasteiger partial charge in [0, 0.05) is 27.3 Å². The van der Waals surface area contributed by atoms with Crippen molar-refractivity contribution >= 4 is 0 Å². The zero-order valence-corrected chi connectivity index (χ0v) is 19.7. The van der Waals surface area contributed by atoms with Crippen molar-refractivity contribution < 1.29 is 37.9 Å². The van der Waals surface area contributed by atoms with Crippen LogP contribution in [0.3, 0.4) is 0 Å². The molecule has 0 fully saturated rings. The van der Waals surface area contributed by atoms with Gasteiger partial charge >= 0.3 is 0 Å². The lowest BCUT2D eigenvalue weighted by Gasteiger charge is -2.22. The van der Waals surface area contributed by atoms with Crippen LogP contribution in [0.4, 0.5) is 0 Å². The summed E-state index contributed by atoms with van der Waals surface area (Å²) in [7, 11) is 3.31. The van der Waals surface area contributed by atoms with E-state index in [1.54, 1.807) is 14.2 Å². The van der Waals surface area contributed by atoms with E-state index in [9.17, 15) is 0 Å². The van der Waals surface area contributed by atoms with Crippen molar-refractivity contribution in [1.29, 1.82) is 0 Å². The van der Waals surface area contributed by atoms with Crippen molar-refractivity contribution in [3.05, 3.63) is 0 Å². The van der Waals surface area contributed by atoms with E-state index >= 15 is 0 Å². The first-order valence-electron chi connectivity index (χ1n) is 11.2. The Morgan fingerprint density at radius 1 is 0.452 bits per heavy atom. The third-order valence-electron chi connectivity index (χ3n) is 4.13. The van der Waals surface area contributed by atoms with Gasteiger partial charge < -0.3 is 43.6 Å². The first-order valence-corrected chi connectivity index (χ1v) is 11.2. The van der Waals surface area contributed by atoms with Crippen LogP contribution in [0.5, 0.6) is 0 Å². The highest BCUT2D eigenvalue weighted by atomic mass is 16.6. The van der Waals surface area contributed by atoms with Gasteiger partial charge in [0.25, 0.3) is 0 Å². The molecule has 0 aliphatic carbocycles. The molecular weight excluding hydrogens is 408 g/mol. The zero-order chi connectivity index (χ0) is 22.7. The van der Waals surface area contributed by atoms with Crippen LogP contribution in [0, 0.1) is 0 Å². The molecule has 10 nitrogen and oxygen atoms in total. The molecule has 0 saturated heterocycles. The van der Waals surface area contributed by atoms with Gasteiger partial charge in [-0.15, -0.1) is 0 Å². The van der Waals surface area contributed by atoms with Crippen LogP contribution in [-0.4, -0.2) is 138 Å². The minimum Gasteiger partial charge on any atom is -0.382 e. The van der Waals surface area contributed by atoms with Crippen molar-refractivity contribution in [3.8, 4) is 0 Å². The first kappa shape index (κ1) is 30.6. The lowest BCUT2D eigenvalue weighted by Crippen LogP contribution is -2.33. The van der Waals surface area contributed by atoms with Gasteiger partial charge in [-0.2, -0.15) is 0 Å². The second kappa shape index (κ2) is 27.6. The van der Waals surface area contributed by atoms with E-state index in [1.807, 2.05) is 0 Å². The molecule has 0 heterocycles. The Kier molecular flexibility index (Phi) is 27.3. The molecule has 188 valence electrons. The Morgan fingerprint density at radius 3 is 1.10 bits per heavy atom. The monoisotopic (exact) mass is 454 g/mol. The summed E-state index contributed by atoms with van der Waals surface area (Å²) in [6, 6.07) is 0. The Hall–Kier alpha value is -0.400. The second-order valence-corrected chi connectivity index (χ2v) is 6.64. The van der Waals surface area contributed by atoms with Gasteiger partial charge in [0.1, 0.15) is 0 Å². The molecule has 0 aliphatic rings. The number of hydrogen-bond donors (Lipinski definition) is 1. The maximum atomic E-state index is 5.66. The normalized spacial score (nSPS) is 11.6. The van der Waals surface area contributed by atoms with Crippen molar-refractivity contribution in [1.82, 2.24) is 4.90 Å². The molecule has 0 amide bonds. The van der Waals surface area contributed by atoms with Gasteiger partial charge in [0.2, 0.25) is 0 Å². The Balaban J connectivity index is 3.50. The standard InChI is InChI=1S/C21H46N2O8/c1-24-10-12-28-18-20-30-16-14-26-8-6-23(5-3-4-22)7-9-27-15-17-31-21-19-29-13-11-25-2/h3-22H2,1-2H3. The highest BCUT2D eigenvalue weighted by molar-refractivity contribution is 4.58. The number of hydrogen-bond acceptors (Lipinski definition) is 10. The van der Waals surface area contributed by atoms with Gasteiger partial charge in [-0.3, -0.25) is 4.90 Å². The van der Waals surface area contributed by atoms with Crippen LogP contribution >= 0.6 is 0 Å². The van der Waals surface area contributed by atoms with E-state index in [4.69, 9.17) is 43.6 Å². The van der Waals surface area contributed by atoms with Crippen LogP contribution in [0.15, 0.2) is 0 Å². The highest BCUT2D eigenvalue weighted by Gasteiger charge is 2.04. The summed E-state index contributed by atoms with van der Waals surface area (Å²) in [5.74, 6) is 0. The van der Waals surface area contributed by atoms with E-state index in [1.165, 1.54) is 0 Å². The molecule has 0 bridgehead atoms. The maximum Gasteiger partial charge on any atom is 0.0701 e. The molecular formula is C21H46N2O8. The number of nitrogens with two attached hydrogens (primary N) is 1. The molecule has 0 aromatic carbocycles. The van der Waals surface area contributed by atoms with E-state index in [2.05, 4.69) is 4.90 Å². The van der Waals surface area contributed by atoms with E-state index in [-0.39, 0.29) is 0 Å². The van der Waals surface area contributed by atoms with Crippen molar-refractivity contribution in [2.24, 2.45) is 5.73 Å². The van der Waals surface area contributed by atoms with E-state index in [0.717, 1.165) is 26.1 Å². The molecule has 31 heavy (non-hydrogen) atoms. The average molecular weight is 455 g/mol. The maximum absolute atomic E-state index is 5.66. The minimum atomic E-state index is 0.566. The minimum absolute atomic E-state index is 0.566. The van der Waals surface area contributed by atoms with Gasteiger partial charge in [-0.25, -0.2) is 0 Å². The number of nitrogens with zero attached hydrogens (tertiary/aromatic N) is 1. The molecule has 0 aliphatic heterocycles. The van der Waals surface area contributed by atoms with Crippen LogP contribution < -0.4 is 5.73 Å². The van der Waals surface area contributed by atoms with Crippen LogP contribution in [0.25, 0.3) is 0 Å². The quantitative estimate of drug-likeness (QED) is 0.171. The summed E-state index contributed by atoms with van der Waals surface area (Å²) in [4.78, 5) is 2.31. The Bertz CT molecular complexity index is 304. The smallest absolute Gasteiger partial charge is 0.0701 e. The fraction of sp³-hybridized carbons (Fsp3) is 1.00. The van der Waals surface area contributed by atoms with E-state index < -0.39 is 0 Å². The molecule has 0 atom stereocenters. The largest absolute Gasteiger partial charge is 0.382 e. The lowest BCUT2D eigenvalue weighted by atomic mass is 10.3. The Labute approximate surface area is 188 Å². The molecule has 0 radical (unpaired) electrons. The summed E-state index contributed by atoms with van der Waals surface area (Å²) in [5, 5.41) is 0. The van der Waals surface area contributed by atoms with Crippen molar-refractivity contribution in [2.75, 3.05) is 133 Å². The number of ether oxygens (including phenoxy) is 8. The fourth-order valence-corrected chi connectivity index (χ4v) is 2.41. The van der Waals surface area contributed by atoms with Crippen molar-refractivity contribution in [3.63, 3.8) is 0 Å². The molecule has 0 spiro atoms. The first-order chi connectivity index (χ1) is 15.3. The summed E-state index contributed by atoms with van der Waals surface area (Å²) in [5.41, 5.74) is 5.64. The number of rotatable bonds is 27. The Morgan fingerprint density at radius 2 is 0.774 bits per heavy atom. The molecule has 0 saturated carbocycles. The summed E-state index contributed by atoms with van der Waals surface area (Å²) >= 11 is 0. The van der Waals surface area contributed by atoms with Gasteiger partial charge in [0.15, 0.2) is 0 Å². The van der Waals surface area contributed by atoms with Gasteiger partial charge in [-0.1, -0.05) is 0 Å². The highest BCUT2D eigenvalue weighted by Crippen LogP contribution is 1.93. The van der Waals surface area contributed by atoms with Crippen LogP contribution in [0.2, 0.25) is 0 Å². The predicted octanol–water partition coefficient (Wildman–Crippen LogP) is 0.0296. The van der Waals surface area contributed by atoms with E-state index in [0.29, 0.717) is 99.0 Å². The second-order valence-electron chi connectivity index (χ2n) is 6.64. The van der Waals surface area contributed by atoms with Crippen LogP contribution in [-0.2, 0) is 37.9 Å². The average Bonchev–Trinajstić information content (AvgIpc) is 2.78. The molecule has 0 unspecified atom stereocenters. The SMILES string of the molecule is COCCOCCOCCOCCN(CCCN)CCOCCOCCOCCOC. The summed E-state index contributed by atoms with van der Waals surface area (Å²) in [6.45, 7) is 11.6. The summed E-state index contributed by atoms with van der Waals surface area (Å²) < 4.78 is 42.7. The molecule has 2 N–H and O–H groups in total. The molecule has 0 rings (SSSR count). The molecule has 10 heteroatoms. The van der Waals surface area contributed by atoms with Gasteiger partial charge in [0.05, 0.1) is 92.5 Å². The molecule has 0 aromatic rings. The predicted molar refractivity (Wildman–Crippen MR) is 119 cm³/mol. The zero-order valence-electron chi connectivity index (χ0n) is 19.7. The third kappa shape index (κ3) is 25.7. The number of methoxy groups -OCH3 is 2. The molecule has 0 aromatic heterocycles. The summed E-state index contributed by atoms with van der Waals surface area (Å²) in [6.07, 6.45) is 0.957. The third-order valence-corrected chi connectivity index (χ3v) is 4.13. The lowest BCUT2D eigenvalue weighted by molar-refractivity contribution is -0.00483. The topological polar surface area (TPSA) is 103 Å². The van der Waals surface area contributed by atoms with Gasteiger partial charge in [-0.05, 0) is 19.5 Å². The van der Waals surface area contributed by atoms with Crippen molar-refractivity contribution in [2.45, 2.75) is 6.42 Å².